The van der Waals surface area contributed by atoms with Gasteiger partial charge in [-0.2, -0.15) is 0 Å². The second-order valence-electron chi connectivity index (χ2n) is 4.06. The van der Waals surface area contributed by atoms with E-state index in [-0.39, 0.29) is 18.8 Å². The Balaban J connectivity index is 2.20. The summed E-state index contributed by atoms with van der Waals surface area (Å²) in [6.45, 7) is 0.0944. The number of aliphatic carboxylic acids is 1. The molecule has 0 aliphatic heterocycles. The number of aromatic nitrogens is 3. The zero-order chi connectivity index (χ0) is 14.5. The maximum atomic E-state index is 13.1. The Bertz CT molecular complexity index is 602. The molecule has 3 N–H and O–H groups in total. The summed E-state index contributed by atoms with van der Waals surface area (Å²) in [7, 11) is 0. The number of carbonyl (C=O) groups is 1. The summed E-state index contributed by atoms with van der Waals surface area (Å²) < 4.78 is 14.4. The third-order valence-corrected chi connectivity index (χ3v) is 2.56. The van der Waals surface area contributed by atoms with Gasteiger partial charge in [0.15, 0.2) is 6.04 Å². The van der Waals surface area contributed by atoms with Crippen molar-refractivity contribution in [1.82, 2.24) is 15.0 Å². The van der Waals surface area contributed by atoms with Crippen LogP contribution >= 0.6 is 0 Å². The molecule has 7 nitrogen and oxygen atoms in total. The van der Waals surface area contributed by atoms with Crippen LogP contribution in [-0.2, 0) is 11.3 Å². The van der Waals surface area contributed by atoms with Gasteiger partial charge in [-0.05, 0) is 18.2 Å². The molecule has 1 atom stereocenters. The Labute approximate surface area is 113 Å². The van der Waals surface area contributed by atoms with E-state index >= 15 is 0 Å². The molecule has 2 rings (SSSR count). The van der Waals surface area contributed by atoms with Crippen molar-refractivity contribution < 1.29 is 19.4 Å². The zero-order valence-corrected chi connectivity index (χ0v) is 10.4. The molecule has 106 valence electrons. The van der Waals surface area contributed by atoms with E-state index in [0.717, 1.165) is 0 Å². The topological polar surface area (TPSA) is 100 Å². The van der Waals surface area contributed by atoms with Crippen molar-refractivity contribution in [1.29, 1.82) is 0 Å². The SMILES string of the molecule is O=C(O)C(Nc1cccc(F)c1)c1cn(CCO)nn1. The minimum absolute atomic E-state index is 0.127. The number of nitrogens with one attached hydrogen (secondary N) is 1. The lowest BCUT2D eigenvalue weighted by molar-refractivity contribution is -0.138. The van der Waals surface area contributed by atoms with Gasteiger partial charge in [0.2, 0.25) is 0 Å². The van der Waals surface area contributed by atoms with Crippen LogP contribution in [0.25, 0.3) is 0 Å². The second kappa shape index (κ2) is 6.11. The first-order chi connectivity index (χ1) is 9.60. The van der Waals surface area contributed by atoms with E-state index in [4.69, 9.17) is 5.11 Å². The Morgan fingerprint density at radius 3 is 2.95 bits per heavy atom. The Kier molecular flexibility index (Phi) is 4.26. The lowest BCUT2D eigenvalue weighted by Crippen LogP contribution is -2.21. The van der Waals surface area contributed by atoms with E-state index in [1.54, 1.807) is 6.07 Å². The van der Waals surface area contributed by atoms with E-state index in [2.05, 4.69) is 15.6 Å². The minimum atomic E-state index is -1.16. The minimum Gasteiger partial charge on any atom is -0.479 e. The molecule has 0 saturated carbocycles. The van der Waals surface area contributed by atoms with E-state index in [9.17, 15) is 14.3 Å². The monoisotopic (exact) mass is 280 g/mol. The van der Waals surface area contributed by atoms with Crippen molar-refractivity contribution in [3.8, 4) is 0 Å². The number of halogens is 1. The Morgan fingerprint density at radius 2 is 2.30 bits per heavy atom. The molecule has 0 saturated heterocycles. The van der Waals surface area contributed by atoms with Gasteiger partial charge in [0.1, 0.15) is 11.5 Å². The van der Waals surface area contributed by atoms with Crippen LogP contribution in [0.15, 0.2) is 30.5 Å². The van der Waals surface area contributed by atoms with Crippen LogP contribution in [0.3, 0.4) is 0 Å². The second-order valence-corrected chi connectivity index (χ2v) is 4.06. The summed E-state index contributed by atoms with van der Waals surface area (Å²) in [4.78, 5) is 11.3. The van der Waals surface area contributed by atoms with Gasteiger partial charge in [0, 0.05) is 5.69 Å². The fourth-order valence-electron chi connectivity index (χ4n) is 1.66. The normalized spacial score (nSPS) is 12.1. The summed E-state index contributed by atoms with van der Waals surface area (Å²) >= 11 is 0. The summed E-state index contributed by atoms with van der Waals surface area (Å²) in [6, 6.07) is 4.33. The van der Waals surface area contributed by atoms with Crippen LogP contribution in [-0.4, -0.2) is 37.8 Å². The van der Waals surface area contributed by atoms with Crippen LogP contribution in [0, 0.1) is 5.82 Å². The molecule has 1 heterocycles. The van der Waals surface area contributed by atoms with E-state index in [0.29, 0.717) is 5.69 Å². The van der Waals surface area contributed by atoms with Crippen molar-refractivity contribution in [2.24, 2.45) is 0 Å². The molecule has 8 heteroatoms. The highest BCUT2D eigenvalue weighted by Crippen LogP contribution is 2.18. The highest BCUT2D eigenvalue weighted by molar-refractivity contribution is 5.78. The molecule has 20 heavy (non-hydrogen) atoms. The third-order valence-electron chi connectivity index (χ3n) is 2.56. The fourth-order valence-corrected chi connectivity index (χ4v) is 1.66. The lowest BCUT2D eigenvalue weighted by Gasteiger charge is -2.13. The predicted octanol–water partition coefficient (Wildman–Crippen LogP) is 0.647. The van der Waals surface area contributed by atoms with Crippen LogP contribution in [0.2, 0.25) is 0 Å². The average Bonchev–Trinajstić information content (AvgIpc) is 2.84. The number of anilines is 1. The number of benzene rings is 1. The first kappa shape index (κ1) is 13.9. The van der Waals surface area contributed by atoms with Gasteiger partial charge in [-0.25, -0.2) is 13.9 Å². The summed E-state index contributed by atoms with van der Waals surface area (Å²) in [5.74, 6) is -1.63. The van der Waals surface area contributed by atoms with E-state index < -0.39 is 17.8 Å². The van der Waals surface area contributed by atoms with Gasteiger partial charge >= 0.3 is 5.97 Å². The van der Waals surface area contributed by atoms with Gasteiger partial charge in [-0.1, -0.05) is 11.3 Å². The van der Waals surface area contributed by atoms with E-state index in [1.165, 1.54) is 29.1 Å². The number of hydrogen-bond donors (Lipinski definition) is 3. The molecule has 0 radical (unpaired) electrons. The van der Waals surface area contributed by atoms with E-state index in [1.807, 2.05) is 0 Å². The predicted molar refractivity (Wildman–Crippen MR) is 67.5 cm³/mol. The molecule has 0 aliphatic rings. The number of rotatable bonds is 6. The molecule has 2 aromatic rings. The summed E-state index contributed by atoms with van der Waals surface area (Å²) in [5, 5.41) is 28.1. The van der Waals surface area contributed by atoms with Crippen LogP contribution in [0.4, 0.5) is 10.1 Å². The highest BCUT2D eigenvalue weighted by atomic mass is 19.1. The molecule has 1 aromatic carbocycles. The van der Waals surface area contributed by atoms with Gasteiger partial charge in [-0.15, -0.1) is 5.10 Å². The largest absolute Gasteiger partial charge is 0.479 e. The van der Waals surface area contributed by atoms with Gasteiger partial charge in [-0.3, -0.25) is 0 Å². The summed E-state index contributed by atoms with van der Waals surface area (Å²) in [6.07, 6.45) is 1.42. The fraction of sp³-hybridized carbons (Fsp3) is 0.250. The molecule has 0 fully saturated rings. The molecule has 1 unspecified atom stereocenters. The number of nitrogens with zero attached hydrogens (tertiary/aromatic N) is 3. The number of carboxylic acid groups (broad SMARTS) is 1. The van der Waals surface area contributed by atoms with Gasteiger partial charge < -0.3 is 15.5 Å². The van der Waals surface area contributed by atoms with Crippen molar-refractivity contribution in [2.75, 3.05) is 11.9 Å². The lowest BCUT2D eigenvalue weighted by atomic mass is 10.2. The van der Waals surface area contributed by atoms with Crippen LogP contribution in [0.5, 0.6) is 0 Å². The van der Waals surface area contributed by atoms with Crippen molar-refractivity contribution >= 4 is 11.7 Å². The molecule has 0 aliphatic carbocycles. The smallest absolute Gasteiger partial charge is 0.332 e. The molecule has 0 amide bonds. The maximum Gasteiger partial charge on any atom is 0.332 e. The number of hydrogen-bond acceptors (Lipinski definition) is 5. The molecule has 1 aromatic heterocycles. The first-order valence-electron chi connectivity index (χ1n) is 5.86. The standard InChI is InChI=1S/C12H13FN4O3/c13-8-2-1-3-9(6-8)14-11(12(19)20)10-7-17(4-5-18)16-15-10/h1-3,6-7,11,14,18H,4-5H2,(H,19,20). The van der Waals surface area contributed by atoms with Gasteiger partial charge in [0.05, 0.1) is 19.3 Å². The molecule has 0 bridgehead atoms. The molecular weight excluding hydrogens is 267 g/mol. The Morgan fingerprint density at radius 1 is 1.50 bits per heavy atom. The summed E-state index contributed by atoms with van der Waals surface area (Å²) in [5.41, 5.74) is 0.504. The quantitative estimate of drug-likeness (QED) is 0.718. The number of aliphatic hydroxyl groups is 1. The Hall–Kier alpha value is -2.48. The molecular formula is C12H13FN4O3. The third kappa shape index (κ3) is 3.29. The highest BCUT2D eigenvalue weighted by Gasteiger charge is 2.23. The zero-order valence-electron chi connectivity index (χ0n) is 10.4. The molecule has 0 spiro atoms. The average molecular weight is 280 g/mol. The van der Waals surface area contributed by atoms with Crippen LogP contribution < -0.4 is 5.32 Å². The van der Waals surface area contributed by atoms with Crippen molar-refractivity contribution in [3.05, 3.63) is 42.0 Å². The first-order valence-corrected chi connectivity index (χ1v) is 5.86. The van der Waals surface area contributed by atoms with Crippen molar-refractivity contribution in [2.45, 2.75) is 12.6 Å². The van der Waals surface area contributed by atoms with Gasteiger partial charge in [0.25, 0.3) is 0 Å². The van der Waals surface area contributed by atoms with Crippen molar-refractivity contribution in [3.63, 3.8) is 0 Å². The number of aliphatic hydroxyl groups excluding tert-OH is 1. The maximum absolute atomic E-state index is 13.1. The van der Waals surface area contributed by atoms with Crippen LogP contribution in [0.1, 0.15) is 11.7 Å². The number of carboxylic acids is 1.